The molecule has 6 aromatic heterocycles. The Labute approximate surface area is 272 Å². The number of fused-ring (bicyclic) bond motifs is 2. The van der Waals surface area contributed by atoms with Crippen LogP contribution in [0.15, 0.2) is 48.8 Å². The van der Waals surface area contributed by atoms with Crippen LogP contribution in [0.4, 0.5) is 0 Å². The summed E-state index contributed by atoms with van der Waals surface area (Å²) in [6.07, 6.45) is 9.66. The summed E-state index contributed by atoms with van der Waals surface area (Å²) in [5, 5.41) is 0. The molecule has 0 aliphatic carbocycles. The summed E-state index contributed by atoms with van der Waals surface area (Å²) < 4.78 is 3.61. The van der Waals surface area contributed by atoms with E-state index >= 15 is 0 Å². The van der Waals surface area contributed by atoms with Gasteiger partial charge in [-0.1, -0.05) is 65.8 Å². The van der Waals surface area contributed by atoms with E-state index in [2.05, 4.69) is 88.0 Å². The molecule has 0 saturated carbocycles. The van der Waals surface area contributed by atoms with Crippen molar-refractivity contribution in [2.45, 2.75) is 72.6 Å². The quantitative estimate of drug-likeness (QED) is 0.169. The van der Waals surface area contributed by atoms with Crippen LogP contribution in [-0.4, -0.2) is 49.0 Å². The standard InChI is InChI=1S/C33H36N10.Pt/c1-19(2)21(5)29-34-15-23-31(40-29)42(17-36-23)27-13-9-11-25(38-27)33(7,8)26-12-10-14-28(39-26)43-18-37-24-16-35-30(41-32(24)43)22(6)20(3)4;/h9-16,19-22H,1-8H3;/q-2;+2. The van der Waals surface area contributed by atoms with Crippen molar-refractivity contribution in [2.24, 2.45) is 11.8 Å². The van der Waals surface area contributed by atoms with E-state index in [1.165, 1.54) is 0 Å². The van der Waals surface area contributed by atoms with E-state index in [0.29, 0.717) is 45.8 Å². The van der Waals surface area contributed by atoms with Gasteiger partial charge in [-0.15, -0.1) is 0 Å². The van der Waals surface area contributed by atoms with E-state index < -0.39 is 5.41 Å². The molecular weight excluding hydrogens is 732 g/mol. The second-order valence-corrected chi connectivity index (χ2v) is 12.4. The Morgan fingerprint density at radius 1 is 0.614 bits per heavy atom. The molecule has 228 valence electrons. The number of hydrogen-bond acceptors (Lipinski definition) is 8. The largest absolute Gasteiger partial charge is 2.00 e. The second kappa shape index (κ2) is 12.2. The molecule has 2 atom stereocenters. The smallest absolute Gasteiger partial charge is 0.396 e. The van der Waals surface area contributed by atoms with Gasteiger partial charge in [0.1, 0.15) is 11.6 Å². The van der Waals surface area contributed by atoms with E-state index in [4.69, 9.17) is 19.9 Å². The van der Waals surface area contributed by atoms with Crippen molar-refractivity contribution in [3.63, 3.8) is 0 Å². The maximum atomic E-state index is 5.06. The molecule has 0 spiro atoms. The molecular formula is C33H36N10Pt. The summed E-state index contributed by atoms with van der Waals surface area (Å²) in [4.78, 5) is 37.8. The topological polar surface area (TPSA) is 113 Å². The van der Waals surface area contributed by atoms with Crippen molar-refractivity contribution in [1.29, 1.82) is 0 Å². The minimum atomic E-state index is -0.530. The van der Waals surface area contributed by atoms with Gasteiger partial charge in [-0.25, -0.2) is 0 Å². The fourth-order valence-corrected chi connectivity index (χ4v) is 4.83. The zero-order chi connectivity index (χ0) is 30.5. The van der Waals surface area contributed by atoms with E-state index in [1.807, 2.05) is 36.4 Å². The van der Waals surface area contributed by atoms with Crippen LogP contribution in [0.1, 0.15) is 90.3 Å². The van der Waals surface area contributed by atoms with Crippen molar-refractivity contribution in [3.8, 4) is 11.6 Å². The normalized spacial score (nSPS) is 13.5. The van der Waals surface area contributed by atoms with E-state index in [0.717, 1.165) is 23.0 Å². The monoisotopic (exact) mass is 767 g/mol. The minimum Gasteiger partial charge on any atom is -0.396 e. The Morgan fingerprint density at radius 3 is 1.41 bits per heavy atom. The van der Waals surface area contributed by atoms with Crippen molar-refractivity contribution in [3.05, 3.63) is 84.5 Å². The Bertz CT molecular complexity index is 1790. The number of hydrogen-bond donors (Lipinski definition) is 0. The summed E-state index contributed by atoms with van der Waals surface area (Å²) in [6.45, 7) is 17.2. The number of nitrogens with zero attached hydrogens (tertiary/aromatic N) is 10. The molecule has 44 heavy (non-hydrogen) atoms. The van der Waals surface area contributed by atoms with Gasteiger partial charge >= 0.3 is 21.1 Å². The zero-order valence-electron chi connectivity index (χ0n) is 26.2. The third-order valence-electron chi connectivity index (χ3n) is 8.52. The van der Waals surface area contributed by atoms with Crippen molar-refractivity contribution in [1.82, 2.24) is 49.0 Å². The first kappa shape index (κ1) is 31.5. The van der Waals surface area contributed by atoms with Gasteiger partial charge in [0.05, 0.1) is 11.6 Å². The molecule has 0 aliphatic heterocycles. The van der Waals surface area contributed by atoms with Crippen LogP contribution in [0.3, 0.4) is 0 Å². The van der Waals surface area contributed by atoms with Gasteiger partial charge < -0.3 is 19.1 Å². The SMILES string of the molecule is CC(C)C(C)c1ncc2n[c-]n(-c3cccc(C(C)(C)c4cccc(-n5[c-]nc6cnc(C(C)C(C)C)nc65)n4)n3)c2n1.[Pt+2]. The van der Waals surface area contributed by atoms with Crippen molar-refractivity contribution < 1.29 is 21.1 Å². The molecule has 10 nitrogen and oxygen atoms in total. The molecule has 0 N–H and O–H groups in total. The third kappa shape index (κ3) is 5.67. The molecule has 0 aliphatic rings. The molecule has 0 radical (unpaired) electrons. The zero-order valence-corrected chi connectivity index (χ0v) is 28.5. The van der Waals surface area contributed by atoms with Crippen LogP contribution < -0.4 is 0 Å². The molecule has 0 fully saturated rings. The van der Waals surface area contributed by atoms with Gasteiger partial charge in [0, 0.05) is 76.0 Å². The predicted octanol–water partition coefficient (Wildman–Crippen LogP) is 6.18. The van der Waals surface area contributed by atoms with Gasteiger partial charge in [-0.05, 0) is 37.8 Å². The van der Waals surface area contributed by atoms with Crippen molar-refractivity contribution >= 4 is 22.3 Å². The Morgan fingerprint density at radius 2 is 1.02 bits per heavy atom. The molecule has 11 heteroatoms. The Hall–Kier alpha value is -3.91. The number of imidazole rings is 2. The maximum absolute atomic E-state index is 5.06. The molecule has 0 bridgehead atoms. The summed E-state index contributed by atoms with van der Waals surface area (Å²) in [6, 6.07) is 11.9. The van der Waals surface area contributed by atoms with Crippen LogP contribution in [-0.2, 0) is 26.5 Å². The van der Waals surface area contributed by atoms with E-state index in [9.17, 15) is 0 Å². The first-order chi connectivity index (χ1) is 20.5. The van der Waals surface area contributed by atoms with Crippen LogP contribution >= 0.6 is 0 Å². The molecule has 6 heterocycles. The predicted molar refractivity (Wildman–Crippen MR) is 165 cm³/mol. The van der Waals surface area contributed by atoms with Gasteiger partial charge in [0.15, 0.2) is 0 Å². The van der Waals surface area contributed by atoms with E-state index in [1.54, 1.807) is 21.5 Å². The number of aromatic nitrogens is 10. The van der Waals surface area contributed by atoms with Crippen molar-refractivity contribution in [2.75, 3.05) is 0 Å². The molecule has 0 amide bonds. The van der Waals surface area contributed by atoms with Gasteiger partial charge in [-0.3, -0.25) is 29.9 Å². The summed E-state index contributed by atoms with van der Waals surface area (Å²) in [7, 11) is 0. The Balaban J connectivity index is 0.00000384. The summed E-state index contributed by atoms with van der Waals surface area (Å²) >= 11 is 0. The van der Waals surface area contributed by atoms with Crippen LogP contribution in [0.5, 0.6) is 0 Å². The molecule has 2 unspecified atom stereocenters. The summed E-state index contributed by atoms with van der Waals surface area (Å²) in [5.74, 6) is 4.20. The molecule has 0 aromatic carbocycles. The van der Waals surface area contributed by atoms with E-state index in [-0.39, 0.29) is 32.9 Å². The van der Waals surface area contributed by atoms with Crippen LogP contribution in [0.25, 0.3) is 34.0 Å². The molecule has 6 rings (SSSR count). The van der Waals surface area contributed by atoms with Crippen LogP contribution in [0, 0.1) is 24.5 Å². The van der Waals surface area contributed by atoms with Gasteiger partial charge in [-0.2, -0.15) is 0 Å². The molecule has 6 aromatic rings. The van der Waals surface area contributed by atoms with Gasteiger partial charge in [0.2, 0.25) is 0 Å². The first-order valence-corrected chi connectivity index (χ1v) is 14.8. The second-order valence-electron chi connectivity index (χ2n) is 12.4. The molecule has 0 saturated heterocycles. The first-order valence-electron chi connectivity index (χ1n) is 14.8. The van der Waals surface area contributed by atoms with Gasteiger partial charge in [0.25, 0.3) is 0 Å². The average Bonchev–Trinajstić information content (AvgIpc) is 3.64. The maximum Gasteiger partial charge on any atom is 2.00 e. The number of pyridine rings is 2. The fourth-order valence-electron chi connectivity index (χ4n) is 4.83. The average molecular weight is 768 g/mol. The summed E-state index contributed by atoms with van der Waals surface area (Å²) in [5.41, 5.74) is 3.91. The minimum absolute atomic E-state index is 0. The third-order valence-corrected chi connectivity index (χ3v) is 8.52. The number of rotatable bonds is 8. The van der Waals surface area contributed by atoms with Crippen LogP contribution in [0.2, 0.25) is 0 Å². The fraction of sp³-hybridized carbons (Fsp3) is 0.394. The Kier molecular flexibility index (Phi) is 8.76.